The van der Waals surface area contributed by atoms with Crippen LogP contribution in [0.1, 0.15) is 25.7 Å². The third-order valence-corrected chi connectivity index (χ3v) is 3.40. The fourth-order valence-electron chi connectivity index (χ4n) is 1.46. The average Bonchev–Trinajstić information content (AvgIpc) is 2.19. The van der Waals surface area contributed by atoms with Gasteiger partial charge in [0, 0.05) is 26.1 Å². The molecule has 0 spiro atoms. The molecule has 1 saturated heterocycles. The van der Waals surface area contributed by atoms with E-state index in [9.17, 15) is 0 Å². The maximum absolute atomic E-state index is 5.63. The molecular weight excluding hydrogens is 184 g/mol. The number of hydrogen-bond donors (Lipinski definition) is 0. The van der Waals surface area contributed by atoms with Crippen molar-refractivity contribution in [3.05, 3.63) is 0 Å². The lowest BCUT2D eigenvalue weighted by Crippen LogP contribution is -2.21. The summed E-state index contributed by atoms with van der Waals surface area (Å²) >= 11 is 1.99. The zero-order valence-electron chi connectivity index (χ0n) is 8.46. The minimum atomic E-state index is 0.529. The molecule has 3 heteroatoms. The van der Waals surface area contributed by atoms with Crippen molar-refractivity contribution in [3.63, 3.8) is 0 Å². The molecule has 1 heterocycles. The standard InChI is InChI=1S/C10H20O2S/c1-11-6-4-8-13-9-10-5-2-3-7-12-10/h10H,2-9H2,1H3/t10-/m1/s1. The highest BCUT2D eigenvalue weighted by atomic mass is 32.2. The second-order valence-electron chi connectivity index (χ2n) is 3.41. The molecule has 0 bridgehead atoms. The highest BCUT2D eigenvalue weighted by molar-refractivity contribution is 7.99. The lowest BCUT2D eigenvalue weighted by molar-refractivity contribution is 0.0315. The molecule has 78 valence electrons. The lowest BCUT2D eigenvalue weighted by atomic mass is 10.1. The van der Waals surface area contributed by atoms with Crippen LogP contribution in [0.15, 0.2) is 0 Å². The van der Waals surface area contributed by atoms with Gasteiger partial charge in [-0.15, -0.1) is 0 Å². The molecule has 0 saturated carbocycles. The Morgan fingerprint density at radius 2 is 2.38 bits per heavy atom. The molecular formula is C10H20O2S. The van der Waals surface area contributed by atoms with Gasteiger partial charge in [-0.1, -0.05) is 0 Å². The molecule has 0 aromatic heterocycles. The molecule has 2 nitrogen and oxygen atoms in total. The minimum Gasteiger partial charge on any atom is -0.385 e. The zero-order chi connectivity index (χ0) is 9.36. The van der Waals surface area contributed by atoms with Crippen molar-refractivity contribution in [2.45, 2.75) is 31.8 Å². The van der Waals surface area contributed by atoms with E-state index in [2.05, 4.69) is 0 Å². The molecule has 1 atom stereocenters. The number of thioether (sulfide) groups is 1. The Hall–Kier alpha value is 0.270. The Morgan fingerprint density at radius 1 is 1.46 bits per heavy atom. The van der Waals surface area contributed by atoms with E-state index in [0.717, 1.165) is 19.6 Å². The summed E-state index contributed by atoms with van der Waals surface area (Å²) in [5, 5.41) is 0. The summed E-state index contributed by atoms with van der Waals surface area (Å²) in [6.45, 7) is 1.86. The number of ether oxygens (including phenoxy) is 2. The molecule has 0 unspecified atom stereocenters. The van der Waals surface area contributed by atoms with Gasteiger partial charge < -0.3 is 9.47 Å². The van der Waals surface area contributed by atoms with Crippen LogP contribution in [0, 0.1) is 0 Å². The fraction of sp³-hybridized carbons (Fsp3) is 1.00. The Morgan fingerprint density at radius 3 is 3.08 bits per heavy atom. The van der Waals surface area contributed by atoms with E-state index in [1.54, 1.807) is 7.11 Å². The number of hydrogen-bond acceptors (Lipinski definition) is 3. The van der Waals surface area contributed by atoms with Crippen LogP contribution in [0.3, 0.4) is 0 Å². The van der Waals surface area contributed by atoms with Crippen LogP contribution in [-0.2, 0) is 9.47 Å². The van der Waals surface area contributed by atoms with Gasteiger partial charge in [0.2, 0.25) is 0 Å². The first-order valence-electron chi connectivity index (χ1n) is 5.12. The summed E-state index contributed by atoms with van der Waals surface area (Å²) in [5.41, 5.74) is 0. The van der Waals surface area contributed by atoms with Gasteiger partial charge in [0.15, 0.2) is 0 Å². The van der Waals surface area contributed by atoms with Crippen molar-refractivity contribution in [2.24, 2.45) is 0 Å². The summed E-state index contributed by atoms with van der Waals surface area (Å²) in [6.07, 6.45) is 5.56. The van der Waals surface area contributed by atoms with E-state index in [1.165, 1.54) is 30.8 Å². The number of rotatable bonds is 6. The van der Waals surface area contributed by atoms with Crippen molar-refractivity contribution in [1.82, 2.24) is 0 Å². The third-order valence-electron chi connectivity index (χ3n) is 2.21. The van der Waals surface area contributed by atoms with Gasteiger partial charge >= 0.3 is 0 Å². The maximum atomic E-state index is 5.63. The van der Waals surface area contributed by atoms with Gasteiger partial charge in [-0.3, -0.25) is 0 Å². The second-order valence-corrected chi connectivity index (χ2v) is 4.56. The molecule has 1 aliphatic heterocycles. The van der Waals surface area contributed by atoms with E-state index >= 15 is 0 Å². The van der Waals surface area contributed by atoms with Crippen LogP contribution >= 0.6 is 11.8 Å². The number of methoxy groups -OCH3 is 1. The normalized spacial score (nSPS) is 23.3. The molecule has 1 fully saturated rings. The van der Waals surface area contributed by atoms with Gasteiger partial charge in [0.1, 0.15) is 0 Å². The molecule has 0 radical (unpaired) electrons. The van der Waals surface area contributed by atoms with Crippen LogP contribution in [0.25, 0.3) is 0 Å². The Kier molecular flexibility index (Phi) is 6.68. The molecule has 0 amide bonds. The first-order valence-corrected chi connectivity index (χ1v) is 6.27. The minimum absolute atomic E-state index is 0.529. The van der Waals surface area contributed by atoms with Crippen LogP contribution in [-0.4, -0.2) is 37.9 Å². The Bertz CT molecular complexity index is 113. The summed E-state index contributed by atoms with van der Waals surface area (Å²) in [5.74, 6) is 2.37. The summed E-state index contributed by atoms with van der Waals surface area (Å²) < 4.78 is 10.6. The van der Waals surface area contributed by atoms with E-state index in [1.807, 2.05) is 11.8 Å². The first kappa shape index (κ1) is 11.3. The molecule has 0 aromatic rings. The largest absolute Gasteiger partial charge is 0.385 e. The average molecular weight is 204 g/mol. The zero-order valence-corrected chi connectivity index (χ0v) is 9.28. The van der Waals surface area contributed by atoms with Gasteiger partial charge in [0.25, 0.3) is 0 Å². The molecule has 1 rings (SSSR count). The summed E-state index contributed by atoms with van der Waals surface area (Å²) in [7, 11) is 1.76. The maximum Gasteiger partial charge on any atom is 0.0665 e. The lowest BCUT2D eigenvalue weighted by Gasteiger charge is -2.21. The Balaban J connectivity index is 1.86. The summed E-state index contributed by atoms with van der Waals surface area (Å²) in [4.78, 5) is 0. The molecule has 0 N–H and O–H groups in total. The quantitative estimate of drug-likeness (QED) is 0.619. The van der Waals surface area contributed by atoms with E-state index in [-0.39, 0.29) is 0 Å². The fourth-order valence-corrected chi connectivity index (χ4v) is 2.47. The highest BCUT2D eigenvalue weighted by Gasteiger charge is 2.12. The van der Waals surface area contributed by atoms with Crippen LogP contribution < -0.4 is 0 Å². The Labute approximate surface area is 85.4 Å². The highest BCUT2D eigenvalue weighted by Crippen LogP contribution is 2.17. The van der Waals surface area contributed by atoms with Crippen molar-refractivity contribution >= 4 is 11.8 Å². The van der Waals surface area contributed by atoms with Crippen molar-refractivity contribution in [1.29, 1.82) is 0 Å². The smallest absolute Gasteiger partial charge is 0.0665 e. The van der Waals surface area contributed by atoms with Crippen molar-refractivity contribution in [2.75, 3.05) is 31.8 Å². The van der Waals surface area contributed by atoms with Gasteiger partial charge in [-0.25, -0.2) is 0 Å². The molecule has 0 aromatic carbocycles. The third kappa shape index (κ3) is 5.55. The van der Waals surface area contributed by atoms with Gasteiger partial charge in [-0.2, -0.15) is 11.8 Å². The van der Waals surface area contributed by atoms with Gasteiger partial charge in [-0.05, 0) is 31.4 Å². The SMILES string of the molecule is COCCCSC[C@H]1CCCCO1. The predicted molar refractivity (Wildman–Crippen MR) is 57.4 cm³/mol. The van der Waals surface area contributed by atoms with Crippen LogP contribution in [0.5, 0.6) is 0 Å². The monoisotopic (exact) mass is 204 g/mol. The van der Waals surface area contributed by atoms with Crippen molar-refractivity contribution < 1.29 is 9.47 Å². The first-order chi connectivity index (χ1) is 6.43. The van der Waals surface area contributed by atoms with Crippen molar-refractivity contribution in [3.8, 4) is 0 Å². The topological polar surface area (TPSA) is 18.5 Å². The molecule has 1 aliphatic rings. The molecule has 0 aliphatic carbocycles. The predicted octanol–water partition coefficient (Wildman–Crippen LogP) is 2.33. The second kappa shape index (κ2) is 7.65. The van der Waals surface area contributed by atoms with Gasteiger partial charge in [0.05, 0.1) is 6.10 Å². The van der Waals surface area contributed by atoms with E-state index in [4.69, 9.17) is 9.47 Å². The van der Waals surface area contributed by atoms with E-state index < -0.39 is 0 Å². The molecule has 13 heavy (non-hydrogen) atoms. The van der Waals surface area contributed by atoms with Crippen LogP contribution in [0.4, 0.5) is 0 Å². The van der Waals surface area contributed by atoms with E-state index in [0.29, 0.717) is 6.10 Å². The van der Waals surface area contributed by atoms with Crippen LogP contribution in [0.2, 0.25) is 0 Å². The summed E-state index contributed by atoms with van der Waals surface area (Å²) in [6, 6.07) is 0.